The van der Waals surface area contributed by atoms with Crippen LogP contribution in [0, 0.1) is 5.92 Å². The first kappa shape index (κ1) is 14.8. The first-order valence-corrected chi connectivity index (χ1v) is 6.00. The molecule has 2 N–H and O–H groups in total. The van der Waals surface area contributed by atoms with Crippen molar-refractivity contribution < 1.29 is 9.59 Å². The van der Waals surface area contributed by atoms with Crippen molar-refractivity contribution in [1.29, 1.82) is 0 Å². The Morgan fingerprint density at radius 1 is 1.20 bits per heavy atom. The average molecular weight is 250 g/mol. The van der Waals surface area contributed by atoms with Crippen LogP contribution in [-0.2, 0) is 9.59 Å². The Labute approximate surface area is 101 Å². The molecule has 0 saturated carbocycles. The fraction of sp³-hybridized carbons (Fsp3) is 0.778. The van der Waals surface area contributed by atoms with Gasteiger partial charge in [-0.15, -0.1) is 0 Å². The fourth-order valence-electron chi connectivity index (χ4n) is 1.18. The molecule has 2 atom stereocenters. The quantitative estimate of drug-likeness (QED) is 0.472. The minimum Gasteiger partial charge on any atom is -0.359 e. The fourth-order valence-corrected chi connectivity index (χ4v) is 1.86. The van der Waals surface area contributed by atoms with Gasteiger partial charge in [-0.2, -0.15) is 25.3 Å². The van der Waals surface area contributed by atoms with Crippen LogP contribution in [0.15, 0.2) is 0 Å². The van der Waals surface area contributed by atoms with Gasteiger partial charge < -0.3 is 10.6 Å². The Morgan fingerprint density at radius 3 is 2.13 bits per heavy atom. The molecule has 0 bridgehead atoms. The van der Waals surface area contributed by atoms with Gasteiger partial charge in [0.1, 0.15) is 0 Å². The molecule has 6 heteroatoms. The second-order valence-electron chi connectivity index (χ2n) is 3.19. The smallest absolute Gasteiger partial charge is 0.224 e. The lowest BCUT2D eigenvalue weighted by Gasteiger charge is -2.16. The number of hydrogen-bond donors (Lipinski definition) is 4. The minimum atomic E-state index is -0.360. The highest BCUT2D eigenvalue weighted by molar-refractivity contribution is 7.80. The van der Waals surface area contributed by atoms with Crippen molar-refractivity contribution in [3.8, 4) is 0 Å². The van der Waals surface area contributed by atoms with Gasteiger partial charge in [0.15, 0.2) is 5.78 Å². The number of nitrogens with one attached hydrogen (secondary N) is 2. The normalized spacial score (nSPS) is 14.4. The van der Waals surface area contributed by atoms with E-state index in [9.17, 15) is 9.59 Å². The molecule has 0 unspecified atom stereocenters. The van der Waals surface area contributed by atoms with Crippen LogP contribution in [0.3, 0.4) is 0 Å². The molecule has 0 rings (SSSR count). The third-order valence-electron chi connectivity index (χ3n) is 2.20. The van der Waals surface area contributed by atoms with Crippen molar-refractivity contribution in [2.24, 2.45) is 5.92 Å². The maximum atomic E-state index is 11.7. The number of amides is 1. The van der Waals surface area contributed by atoms with E-state index in [2.05, 4.69) is 35.9 Å². The van der Waals surface area contributed by atoms with E-state index in [1.54, 1.807) is 14.1 Å². The number of carbonyl (C=O) groups excluding carboxylic acids is 2. The number of thiol groups is 2. The molecule has 0 fully saturated rings. The molecular formula is C9H18N2O2S2. The Balaban J connectivity index is 4.29. The van der Waals surface area contributed by atoms with E-state index in [0.29, 0.717) is 11.5 Å². The van der Waals surface area contributed by atoms with E-state index in [-0.39, 0.29) is 30.1 Å². The van der Waals surface area contributed by atoms with Crippen LogP contribution in [0.5, 0.6) is 0 Å². The molecule has 0 spiro atoms. The maximum absolute atomic E-state index is 11.7. The molecule has 0 aromatic carbocycles. The molecule has 88 valence electrons. The number of carbonyl (C=O) groups is 2. The molecule has 0 radical (unpaired) electrons. The summed E-state index contributed by atoms with van der Waals surface area (Å²) in [5.74, 6) is 0.292. The predicted octanol–water partition coefficient (Wildman–Crippen LogP) is -0.245. The van der Waals surface area contributed by atoms with Crippen LogP contribution >= 0.6 is 25.3 Å². The van der Waals surface area contributed by atoms with E-state index < -0.39 is 0 Å². The lowest BCUT2D eigenvalue weighted by atomic mass is 10.00. The Kier molecular flexibility index (Phi) is 7.90. The summed E-state index contributed by atoms with van der Waals surface area (Å²) in [5.41, 5.74) is 0. The zero-order valence-electron chi connectivity index (χ0n) is 8.99. The van der Waals surface area contributed by atoms with Crippen molar-refractivity contribution in [2.45, 2.75) is 12.5 Å². The summed E-state index contributed by atoms with van der Waals surface area (Å²) < 4.78 is 0. The summed E-state index contributed by atoms with van der Waals surface area (Å²) in [5, 5.41) is 5.37. The van der Waals surface area contributed by atoms with Crippen LogP contribution in [0.1, 0.15) is 6.42 Å². The van der Waals surface area contributed by atoms with E-state index in [0.717, 1.165) is 0 Å². The molecular weight excluding hydrogens is 232 g/mol. The number of hydrogen-bond acceptors (Lipinski definition) is 5. The number of ketones is 1. The summed E-state index contributed by atoms with van der Waals surface area (Å²) in [6, 6.07) is -0.291. The SMILES string of the molecule is CNC(=O)[C@H](CS)CC(=O)[C@@H](CS)NC. The summed E-state index contributed by atoms with van der Waals surface area (Å²) >= 11 is 8.12. The first-order valence-electron chi connectivity index (χ1n) is 4.74. The highest BCUT2D eigenvalue weighted by atomic mass is 32.1. The molecule has 0 heterocycles. The Bertz CT molecular complexity index is 220. The molecule has 0 aliphatic rings. The van der Waals surface area contributed by atoms with Crippen LogP contribution in [0.4, 0.5) is 0 Å². The van der Waals surface area contributed by atoms with Gasteiger partial charge in [-0.3, -0.25) is 9.59 Å². The molecule has 0 aliphatic carbocycles. The lowest BCUT2D eigenvalue weighted by Crippen LogP contribution is -2.39. The average Bonchev–Trinajstić information content (AvgIpc) is 2.26. The third kappa shape index (κ3) is 4.90. The van der Waals surface area contributed by atoms with Crippen molar-refractivity contribution in [1.82, 2.24) is 10.6 Å². The van der Waals surface area contributed by atoms with Gasteiger partial charge in [0.05, 0.1) is 12.0 Å². The van der Waals surface area contributed by atoms with Crippen molar-refractivity contribution in [3.63, 3.8) is 0 Å². The lowest BCUT2D eigenvalue weighted by molar-refractivity contribution is -0.128. The maximum Gasteiger partial charge on any atom is 0.224 e. The van der Waals surface area contributed by atoms with Crippen LogP contribution < -0.4 is 10.6 Å². The molecule has 0 saturated heterocycles. The molecule has 15 heavy (non-hydrogen) atoms. The minimum absolute atomic E-state index is 0.00449. The Morgan fingerprint density at radius 2 is 1.80 bits per heavy atom. The predicted molar refractivity (Wildman–Crippen MR) is 67.7 cm³/mol. The third-order valence-corrected chi connectivity index (χ3v) is 3.01. The largest absolute Gasteiger partial charge is 0.359 e. The van der Waals surface area contributed by atoms with E-state index >= 15 is 0 Å². The number of likely N-dealkylation sites (N-methyl/N-ethyl adjacent to an activating group) is 1. The standard InChI is InChI=1S/C9H18N2O2S2/c1-10-7(5-15)8(12)3-6(4-14)9(13)11-2/h6-7,10,14-15H,3-5H2,1-2H3,(H,11,13)/t6-,7+/m0/s1. The summed E-state index contributed by atoms with van der Waals surface area (Å²) in [7, 11) is 3.26. The van der Waals surface area contributed by atoms with Gasteiger partial charge >= 0.3 is 0 Å². The highest BCUT2D eigenvalue weighted by Crippen LogP contribution is 2.08. The molecule has 4 nitrogen and oxygen atoms in total. The summed E-state index contributed by atoms with van der Waals surface area (Å²) in [6.45, 7) is 0. The first-order chi connectivity index (χ1) is 7.10. The zero-order chi connectivity index (χ0) is 11.8. The number of Topliss-reactive ketones (excluding diaryl/α,β-unsaturated/α-hetero) is 1. The monoisotopic (exact) mass is 250 g/mol. The zero-order valence-corrected chi connectivity index (χ0v) is 10.8. The second-order valence-corrected chi connectivity index (χ2v) is 3.92. The van der Waals surface area contributed by atoms with Gasteiger partial charge in [-0.05, 0) is 7.05 Å². The molecule has 1 amide bonds. The van der Waals surface area contributed by atoms with Crippen molar-refractivity contribution in [3.05, 3.63) is 0 Å². The molecule has 0 aromatic rings. The van der Waals surface area contributed by atoms with Crippen molar-refractivity contribution in [2.75, 3.05) is 25.6 Å². The molecule has 0 aromatic heterocycles. The summed E-state index contributed by atoms with van der Waals surface area (Å²) in [6.07, 6.45) is 0.204. The van der Waals surface area contributed by atoms with E-state index in [1.807, 2.05) is 0 Å². The molecule has 0 aliphatic heterocycles. The topological polar surface area (TPSA) is 58.2 Å². The van der Waals surface area contributed by atoms with Crippen LogP contribution in [0.25, 0.3) is 0 Å². The van der Waals surface area contributed by atoms with Gasteiger partial charge in [-0.25, -0.2) is 0 Å². The van der Waals surface area contributed by atoms with Gasteiger partial charge in [-0.1, -0.05) is 0 Å². The van der Waals surface area contributed by atoms with E-state index in [4.69, 9.17) is 0 Å². The number of rotatable bonds is 7. The van der Waals surface area contributed by atoms with Crippen molar-refractivity contribution >= 4 is 36.9 Å². The second kappa shape index (κ2) is 8.01. The van der Waals surface area contributed by atoms with Crippen LogP contribution in [0.2, 0.25) is 0 Å². The van der Waals surface area contributed by atoms with Gasteiger partial charge in [0.2, 0.25) is 5.91 Å². The Hall–Kier alpha value is -0.200. The van der Waals surface area contributed by atoms with Crippen LogP contribution in [-0.4, -0.2) is 43.3 Å². The summed E-state index contributed by atoms with van der Waals surface area (Å²) in [4.78, 5) is 23.0. The van der Waals surface area contributed by atoms with Gasteiger partial charge in [0.25, 0.3) is 0 Å². The van der Waals surface area contributed by atoms with Gasteiger partial charge in [0, 0.05) is 25.0 Å². The van der Waals surface area contributed by atoms with E-state index in [1.165, 1.54) is 0 Å². The highest BCUT2D eigenvalue weighted by Gasteiger charge is 2.23.